The summed E-state index contributed by atoms with van der Waals surface area (Å²) in [6.45, 7) is 6.78. The molecule has 0 spiro atoms. The molecule has 2 aromatic rings. The van der Waals surface area contributed by atoms with Gasteiger partial charge in [-0.3, -0.25) is 19.4 Å². The van der Waals surface area contributed by atoms with Gasteiger partial charge in [0.25, 0.3) is 5.56 Å². The molecule has 0 saturated carbocycles. The van der Waals surface area contributed by atoms with Crippen LogP contribution in [-0.4, -0.2) is 50.7 Å². The molecular weight excluding hydrogens is 620 g/mol. The van der Waals surface area contributed by atoms with Gasteiger partial charge in [0.15, 0.2) is 11.2 Å². The molecule has 49 heavy (non-hydrogen) atoms. The SMILES string of the molecule is CCCCCCCC/C=C/CCCCCCCCCCCC(=O)OC[C@H](CCOC(=O)[C@@H](N)C(C)CC)Cn1cnc2c(=O)[nH]c(N)nc21. The summed E-state index contributed by atoms with van der Waals surface area (Å²) in [5.41, 5.74) is 11.9. The van der Waals surface area contributed by atoms with Crippen molar-refractivity contribution in [2.45, 2.75) is 162 Å². The summed E-state index contributed by atoms with van der Waals surface area (Å²) in [5.74, 6) is -0.889. The van der Waals surface area contributed by atoms with E-state index in [1.54, 1.807) is 4.57 Å². The number of allylic oxidation sites excluding steroid dienone is 2. The first kappa shape index (κ1) is 42.0. The maximum atomic E-state index is 12.6. The van der Waals surface area contributed by atoms with Crippen molar-refractivity contribution >= 4 is 29.1 Å². The Kier molecular flexibility index (Phi) is 22.0. The lowest BCUT2D eigenvalue weighted by Crippen LogP contribution is -2.38. The van der Waals surface area contributed by atoms with Gasteiger partial charge < -0.3 is 25.5 Å². The molecule has 5 N–H and O–H groups in total. The van der Waals surface area contributed by atoms with Crippen molar-refractivity contribution in [2.75, 3.05) is 18.9 Å². The molecule has 0 bridgehead atoms. The Bertz CT molecular complexity index is 1280. The zero-order chi connectivity index (χ0) is 35.7. The van der Waals surface area contributed by atoms with E-state index in [-0.39, 0.29) is 42.5 Å². The zero-order valence-electron chi connectivity index (χ0n) is 30.8. The van der Waals surface area contributed by atoms with Crippen molar-refractivity contribution in [1.82, 2.24) is 19.5 Å². The second-order valence-corrected chi connectivity index (χ2v) is 13.7. The molecular formula is C38H66N6O5. The van der Waals surface area contributed by atoms with Crippen molar-refractivity contribution in [2.24, 2.45) is 17.6 Å². The van der Waals surface area contributed by atoms with Gasteiger partial charge in [0.05, 0.1) is 19.5 Å². The summed E-state index contributed by atoms with van der Waals surface area (Å²) in [7, 11) is 0. The number of aromatic amines is 1. The summed E-state index contributed by atoms with van der Waals surface area (Å²) < 4.78 is 12.8. The van der Waals surface area contributed by atoms with Gasteiger partial charge in [-0.15, -0.1) is 0 Å². The number of H-pyrrole nitrogens is 1. The van der Waals surface area contributed by atoms with E-state index in [1.165, 1.54) is 96.2 Å². The lowest BCUT2D eigenvalue weighted by molar-refractivity contribution is -0.149. The van der Waals surface area contributed by atoms with Crippen LogP contribution in [0.15, 0.2) is 23.3 Å². The van der Waals surface area contributed by atoms with Gasteiger partial charge in [0.1, 0.15) is 6.04 Å². The molecule has 3 atom stereocenters. The highest BCUT2D eigenvalue weighted by Gasteiger charge is 2.22. The molecule has 1 unspecified atom stereocenters. The van der Waals surface area contributed by atoms with Crippen LogP contribution in [0.5, 0.6) is 0 Å². The monoisotopic (exact) mass is 687 g/mol. The lowest BCUT2D eigenvalue weighted by atomic mass is 10.0. The number of fused-ring (bicyclic) bond motifs is 1. The number of esters is 2. The van der Waals surface area contributed by atoms with Gasteiger partial charge in [0, 0.05) is 18.9 Å². The summed E-state index contributed by atoms with van der Waals surface area (Å²) in [6, 6.07) is -0.686. The van der Waals surface area contributed by atoms with Crippen LogP contribution < -0.4 is 17.0 Å². The number of hydrogen-bond donors (Lipinski definition) is 3. The van der Waals surface area contributed by atoms with Crippen LogP contribution >= 0.6 is 0 Å². The predicted molar refractivity (Wildman–Crippen MR) is 198 cm³/mol. The molecule has 2 heterocycles. The molecule has 0 saturated heterocycles. The van der Waals surface area contributed by atoms with Crippen molar-refractivity contribution in [1.29, 1.82) is 0 Å². The Morgan fingerprint density at radius 1 is 0.898 bits per heavy atom. The van der Waals surface area contributed by atoms with Gasteiger partial charge in [0.2, 0.25) is 5.95 Å². The van der Waals surface area contributed by atoms with Crippen LogP contribution in [0.1, 0.15) is 149 Å². The van der Waals surface area contributed by atoms with Crippen molar-refractivity contribution in [3.05, 3.63) is 28.8 Å². The third-order valence-electron chi connectivity index (χ3n) is 9.37. The summed E-state index contributed by atoms with van der Waals surface area (Å²) >= 11 is 0. The Balaban J connectivity index is 1.62. The normalized spacial score (nSPS) is 13.6. The fourth-order valence-corrected chi connectivity index (χ4v) is 5.85. The summed E-state index contributed by atoms with van der Waals surface area (Å²) in [4.78, 5) is 48.0. The number of hydrogen-bond acceptors (Lipinski definition) is 9. The Morgan fingerprint density at radius 3 is 2.10 bits per heavy atom. The van der Waals surface area contributed by atoms with Gasteiger partial charge in [-0.25, -0.2) is 4.98 Å². The van der Waals surface area contributed by atoms with E-state index >= 15 is 0 Å². The molecule has 0 fully saturated rings. The number of nitrogen functional groups attached to an aromatic ring is 1. The fourth-order valence-electron chi connectivity index (χ4n) is 5.85. The number of carbonyl (C=O) groups excluding carboxylic acids is 2. The van der Waals surface area contributed by atoms with Gasteiger partial charge in [-0.05, 0) is 44.4 Å². The first-order valence-electron chi connectivity index (χ1n) is 19.2. The van der Waals surface area contributed by atoms with Crippen molar-refractivity contribution in [3.63, 3.8) is 0 Å². The highest BCUT2D eigenvalue weighted by Crippen LogP contribution is 2.16. The topological polar surface area (TPSA) is 168 Å². The number of nitrogens with one attached hydrogen (secondary N) is 1. The average Bonchev–Trinajstić information content (AvgIpc) is 3.49. The number of unbranched alkanes of at least 4 members (excludes halogenated alkanes) is 15. The van der Waals surface area contributed by atoms with E-state index in [0.29, 0.717) is 25.0 Å². The van der Waals surface area contributed by atoms with Gasteiger partial charge >= 0.3 is 11.9 Å². The van der Waals surface area contributed by atoms with Gasteiger partial charge in [-0.2, -0.15) is 4.98 Å². The maximum absolute atomic E-state index is 12.6. The summed E-state index contributed by atoms with van der Waals surface area (Å²) in [6.07, 6.45) is 29.1. The second-order valence-electron chi connectivity index (χ2n) is 13.7. The standard InChI is InChI=1S/C38H66N6O5/c1-4-6-7-8-9-10-11-12-13-14-15-16-17-18-19-20-21-22-23-24-32(45)49-28-31(25-26-48-37(47)33(39)30(3)5-2)27-44-29-41-34-35(44)42-38(40)43-36(34)46/h12-13,29-31,33H,4-11,14-28,39H2,1-3H3,(H3,40,42,43,46)/b13-12+/t30?,31-,33+/m1/s1. The van der Waals surface area contributed by atoms with Crippen LogP contribution in [0.2, 0.25) is 0 Å². The molecule has 11 nitrogen and oxygen atoms in total. The maximum Gasteiger partial charge on any atom is 0.323 e. The number of rotatable bonds is 29. The molecule has 0 amide bonds. The van der Waals surface area contributed by atoms with Crippen LogP contribution in [-0.2, 0) is 25.6 Å². The van der Waals surface area contributed by atoms with Crippen molar-refractivity contribution in [3.8, 4) is 0 Å². The second kappa shape index (κ2) is 25.7. The van der Waals surface area contributed by atoms with Crippen LogP contribution in [0.3, 0.4) is 0 Å². The minimum atomic E-state index is -0.686. The number of nitrogens with zero attached hydrogens (tertiary/aromatic N) is 3. The number of aromatic nitrogens is 4. The molecule has 0 radical (unpaired) electrons. The number of carbonyl (C=O) groups is 2. The largest absolute Gasteiger partial charge is 0.465 e. The molecule has 278 valence electrons. The minimum Gasteiger partial charge on any atom is -0.465 e. The fraction of sp³-hybridized carbons (Fsp3) is 0.763. The zero-order valence-corrected chi connectivity index (χ0v) is 30.8. The Hall–Kier alpha value is -3.21. The van der Waals surface area contributed by atoms with E-state index < -0.39 is 17.6 Å². The number of nitrogens with two attached hydrogens (primary N) is 2. The number of ether oxygens (including phenoxy) is 2. The molecule has 0 aliphatic heterocycles. The molecule has 11 heteroatoms. The molecule has 0 aliphatic rings. The molecule has 2 aromatic heterocycles. The molecule has 2 rings (SSSR count). The van der Waals surface area contributed by atoms with E-state index in [9.17, 15) is 14.4 Å². The molecule has 0 aromatic carbocycles. The van der Waals surface area contributed by atoms with Crippen LogP contribution in [0.4, 0.5) is 5.95 Å². The smallest absolute Gasteiger partial charge is 0.323 e. The number of imidazole rings is 1. The van der Waals surface area contributed by atoms with Crippen LogP contribution in [0, 0.1) is 11.8 Å². The first-order chi connectivity index (χ1) is 23.8. The predicted octanol–water partition coefficient (Wildman–Crippen LogP) is 7.77. The number of anilines is 1. The van der Waals surface area contributed by atoms with Crippen molar-refractivity contribution < 1.29 is 19.1 Å². The van der Waals surface area contributed by atoms with Crippen LogP contribution in [0.25, 0.3) is 11.2 Å². The first-order valence-corrected chi connectivity index (χ1v) is 19.2. The Labute approximate surface area is 294 Å². The highest BCUT2D eigenvalue weighted by atomic mass is 16.5. The Morgan fingerprint density at radius 2 is 1.49 bits per heavy atom. The summed E-state index contributed by atoms with van der Waals surface area (Å²) in [5, 5.41) is 0. The minimum absolute atomic E-state index is 0.00700. The average molecular weight is 687 g/mol. The lowest BCUT2D eigenvalue weighted by Gasteiger charge is -2.20. The van der Waals surface area contributed by atoms with E-state index in [0.717, 1.165) is 25.7 Å². The molecule has 0 aliphatic carbocycles. The quantitative estimate of drug-likeness (QED) is 0.0440. The van der Waals surface area contributed by atoms with E-state index in [2.05, 4.69) is 34.0 Å². The highest BCUT2D eigenvalue weighted by molar-refractivity contribution is 5.75. The van der Waals surface area contributed by atoms with Gasteiger partial charge in [-0.1, -0.05) is 116 Å². The van der Waals surface area contributed by atoms with E-state index in [4.69, 9.17) is 20.9 Å². The third kappa shape index (κ3) is 17.8. The van der Waals surface area contributed by atoms with E-state index in [1.807, 2.05) is 13.8 Å². The third-order valence-corrected chi connectivity index (χ3v) is 9.37.